The molecule has 7 nitrogen and oxygen atoms in total. The van der Waals surface area contributed by atoms with Gasteiger partial charge < -0.3 is 30.0 Å². The zero-order valence-electron chi connectivity index (χ0n) is 13.8. The number of methoxy groups -OCH3 is 2. The molecule has 1 aliphatic heterocycles. The van der Waals surface area contributed by atoms with Crippen LogP contribution in [-0.4, -0.2) is 57.6 Å². The van der Waals surface area contributed by atoms with E-state index in [1.807, 2.05) is 0 Å². The first kappa shape index (κ1) is 21.2. The summed E-state index contributed by atoms with van der Waals surface area (Å²) in [6, 6.07) is 2.58. The van der Waals surface area contributed by atoms with Crippen LogP contribution in [0.15, 0.2) is 12.1 Å². The van der Waals surface area contributed by atoms with Crippen molar-refractivity contribution in [2.75, 3.05) is 33.9 Å². The molecule has 0 saturated carbocycles. The van der Waals surface area contributed by atoms with Crippen LogP contribution < -0.4 is 24.8 Å². The maximum Gasteiger partial charge on any atom is 0.387 e. The van der Waals surface area contributed by atoms with Crippen LogP contribution >= 0.6 is 12.4 Å². The topological polar surface area (TPSA) is 89.1 Å². The Balaban J connectivity index is 0.00000312. The fraction of sp³-hybridized carbons (Fsp3) is 0.533. The van der Waals surface area contributed by atoms with Gasteiger partial charge in [0.05, 0.1) is 20.3 Å². The summed E-state index contributed by atoms with van der Waals surface area (Å²) in [5.74, 6) is -0.875. The van der Waals surface area contributed by atoms with Crippen molar-refractivity contribution < 1.29 is 32.9 Å². The van der Waals surface area contributed by atoms with Gasteiger partial charge in [-0.15, -0.1) is 12.4 Å². The fourth-order valence-corrected chi connectivity index (χ4v) is 2.47. The number of alkyl halides is 2. The van der Waals surface area contributed by atoms with Crippen LogP contribution in [0.3, 0.4) is 0 Å². The van der Waals surface area contributed by atoms with E-state index in [-0.39, 0.29) is 47.7 Å². The van der Waals surface area contributed by atoms with Crippen LogP contribution in [-0.2, 0) is 0 Å². The molecule has 1 aromatic carbocycles. The Morgan fingerprint density at radius 1 is 1.32 bits per heavy atom. The van der Waals surface area contributed by atoms with Crippen molar-refractivity contribution in [3.8, 4) is 17.2 Å². The first-order valence-corrected chi connectivity index (χ1v) is 7.34. The molecular formula is C15H21ClF2N2O5. The molecule has 2 unspecified atom stereocenters. The lowest BCUT2D eigenvalue weighted by atomic mass is 10.1. The third-order valence-electron chi connectivity index (χ3n) is 3.76. The van der Waals surface area contributed by atoms with Gasteiger partial charge in [-0.25, -0.2) is 0 Å². The molecule has 0 radical (unpaired) electrons. The highest BCUT2D eigenvalue weighted by Crippen LogP contribution is 2.39. The molecule has 1 amide bonds. The van der Waals surface area contributed by atoms with Crippen molar-refractivity contribution >= 4 is 18.3 Å². The summed E-state index contributed by atoms with van der Waals surface area (Å²) in [7, 11) is 2.55. The Labute approximate surface area is 150 Å². The van der Waals surface area contributed by atoms with E-state index in [0.717, 1.165) is 0 Å². The zero-order valence-corrected chi connectivity index (χ0v) is 14.6. The van der Waals surface area contributed by atoms with E-state index in [0.29, 0.717) is 13.1 Å². The number of carbonyl (C=O) groups is 1. The van der Waals surface area contributed by atoms with E-state index in [9.17, 15) is 18.7 Å². The first-order chi connectivity index (χ1) is 11.5. The first-order valence-electron chi connectivity index (χ1n) is 7.34. The molecule has 0 aliphatic carbocycles. The van der Waals surface area contributed by atoms with Crippen LogP contribution in [0, 0.1) is 5.92 Å². The molecule has 0 bridgehead atoms. The summed E-state index contributed by atoms with van der Waals surface area (Å²) in [6.07, 6.45) is -0.517. The summed E-state index contributed by atoms with van der Waals surface area (Å²) in [4.78, 5) is 12.3. The predicted molar refractivity (Wildman–Crippen MR) is 88.1 cm³/mol. The van der Waals surface area contributed by atoms with Gasteiger partial charge in [0.25, 0.3) is 5.91 Å². The zero-order chi connectivity index (χ0) is 17.7. The number of aliphatic hydroxyl groups is 1. The quantitative estimate of drug-likeness (QED) is 0.653. The molecule has 2 atom stereocenters. The fourth-order valence-electron chi connectivity index (χ4n) is 2.47. The van der Waals surface area contributed by atoms with Crippen molar-refractivity contribution in [3.05, 3.63) is 17.7 Å². The van der Waals surface area contributed by atoms with Crippen LogP contribution in [0.1, 0.15) is 10.4 Å². The highest BCUT2D eigenvalue weighted by Gasteiger charge is 2.26. The maximum atomic E-state index is 12.5. The number of hydrogen-bond acceptors (Lipinski definition) is 6. The molecule has 0 spiro atoms. The number of carbonyl (C=O) groups excluding carboxylic acids is 1. The summed E-state index contributed by atoms with van der Waals surface area (Å²) < 4.78 is 39.4. The summed E-state index contributed by atoms with van der Waals surface area (Å²) in [5, 5.41) is 15.4. The molecular weight excluding hydrogens is 362 g/mol. The number of nitrogens with one attached hydrogen (secondary N) is 2. The van der Waals surface area contributed by atoms with Crippen molar-refractivity contribution in [2.45, 2.75) is 12.7 Å². The second kappa shape index (κ2) is 9.59. The van der Waals surface area contributed by atoms with Gasteiger partial charge in [0.1, 0.15) is 0 Å². The Kier molecular flexibility index (Phi) is 8.14. The molecule has 142 valence electrons. The second-order valence-electron chi connectivity index (χ2n) is 5.28. The lowest BCUT2D eigenvalue weighted by Gasteiger charge is -2.17. The third kappa shape index (κ3) is 5.32. The van der Waals surface area contributed by atoms with E-state index in [1.165, 1.54) is 26.4 Å². The SMILES string of the molecule is COc1cc(C(=O)NCC2CNCC2O)cc(OC)c1OC(F)F.Cl. The number of hydrogen-bond donors (Lipinski definition) is 3. The Morgan fingerprint density at radius 2 is 1.92 bits per heavy atom. The van der Waals surface area contributed by atoms with Gasteiger partial charge in [-0.3, -0.25) is 4.79 Å². The second-order valence-corrected chi connectivity index (χ2v) is 5.28. The number of aliphatic hydroxyl groups excluding tert-OH is 1. The lowest BCUT2D eigenvalue weighted by molar-refractivity contribution is -0.0526. The lowest BCUT2D eigenvalue weighted by Crippen LogP contribution is -2.34. The Morgan fingerprint density at radius 3 is 2.36 bits per heavy atom. The number of rotatable bonds is 7. The molecule has 1 fully saturated rings. The third-order valence-corrected chi connectivity index (χ3v) is 3.76. The van der Waals surface area contributed by atoms with E-state index in [1.54, 1.807) is 0 Å². The van der Waals surface area contributed by atoms with E-state index in [4.69, 9.17) is 9.47 Å². The molecule has 1 saturated heterocycles. The summed E-state index contributed by atoms with van der Waals surface area (Å²) >= 11 is 0. The van der Waals surface area contributed by atoms with Gasteiger partial charge in [-0.1, -0.05) is 0 Å². The number of ether oxygens (including phenoxy) is 3. The van der Waals surface area contributed by atoms with Crippen LogP contribution in [0.4, 0.5) is 8.78 Å². The maximum absolute atomic E-state index is 12.5. The number of benzene rings is 1. The Bertz CT molecular complexity index is 566. The predicted octanol–water partition coefficient (Wildman–Crippen LogP) is 1.04. The standard InChI is InChI=1S/C15H20F2N2O5.ClH/c1-22-11-3-8(4-12(23-2)13(11)24-15(16)17)14(21)19-6-9-5-18-7-10(9)20;/h3-4,9-10,15,18,20H,5-7H2,1-2H3,(H,19,21);1H. The molecule has 1 aliphatic rings. The minimum Gasteiger partial charge on any atom is -0.493 e. The highest BCUT2D eigenvalue weighted by atomic mass is 35.5. The Hall–Kier alpha value is -1.84. The number of β-amino-alcohol motifs (C(OH)–C–C–N with tert-alkyl or cyclic N) is 1. The van der Waals surface area contributed by atoms with Crippen molar-refractivity contribution in [3.63, 3.8) is 0 Å². The van der Waals surface area contributed by atoms with Gasteiger partial charge in [0.15, 0.2) is 11.5 Å². The van der Waals surface area contributed by atoms with E-state index < -0.39 is 18.6 Å². The van der Waals surface area contributed by atoms with Crippen molar-refractivity contribution in [1.82, 2.24) is 10.6 Å². The van der Waals surface area contributed by atoms with Gasteiger partial charge in [0.2, 0.25) is 5.75 Å². The van der Waals surface area contributed by atoms with Crippen molar-refractivity contribution in [2.24, 2.45) is 5.92 Å². The average Bonchev–Trinajstić information content (AvgIpc) is 2.97. The molecule has 3 N–H and O–H groups in total. The van der Waals surface area contributed by atoms with Gasteiger partial charge in [-0.2, -0.15) is 8.78 Å². The van der Waals surface area contributed by atoms with Crippen LogP contribution in [0.2, 0.25) is 0 Å². The molecule has 2 rings (SSSR count). The minimum atomic E-state index is -3.05. The molecule has 10 heteroatoms. The molecule has 25 heavy (non-hydrogen) atoms. The van der Waals surface area contributed by atoms with Crippen LogP contribution in [0.5, 0.6) is 17.2 Å². The summed E-state index contributed by atoms with van der Waals surface area (Å²) in [6.45, 7) is -1.67. The largest absolute Gasteiger partial charge is 0.493 e. The molecule has 0 aromatic heterocycles. The van der Waals surface area contributed by atoms with Gasteiger partial charge in [-0.05, 0) is 12.1 Å². The highest BCUT2D eigenvalue weighted by molar-refractivity contribution is 5.95. The van der Waals surface area contributed by atoms with Gasteiger partial charge in [0, 0.05) is 31.1 Å². The number of amides is 1. The smallest absolute Gasteiger partial charge is 0.387 e. The van der Waals surface area contributed by atoms with Crippen molar-refractivity contribution in [1.29, 1.82) is 0 Å². The number of halogens is 3. The molecule has 1 heterocycles. The average molecular weight is 383 g/mol. The summed E-state index contributed by atoms with van der Waals surface area (Å²) in [5.41, 5.74) is 0.172. The monoisotopic (exact) mass is 382 g/mol. The normalized spacial score (nSPS) is 19.3. The van der Waals surface area contributed by atoms with Gasteiger partial charge >= 0.3 is 6.61 Å². The minimum absolute atomic E-state index is 0. The van der Waals surface area contributed by atoms with Crippen LogP contribution in [0.25, 0.3) is 0 Å². The van der Waals surface area contributed by atoms with E-state index in [2.05, 4.69) is 15.4 Å². The molecule has 1 aromatic rings. The van der Waals surface area contributed by atoms with E-state index >= 15 is 0 Å².